The standard InChI is InChI=1S/C12H23NO4/c1-6-12(4,5)17-11(16)13-9(10(14)15)7-8(2)3/h8-9H,6-7H2,1-5H3,(H,13,16)(H,14,15). The number of aliphatic carboxylic acids is 1. The van der Waals surface area contributed by atoms with Crippen molar-refractivity contribution in [2.24, 2.45) is 5.92 Å². The number of alkyl carbamates (subject to hydrolysis) is 1. The molecule has 0 aliphatic rings. The molecule has 5 nitrogen and oxygen atoms in total. The van der Waals surface area contributed by atoms with Gasteiger partial charge in [-0.3, -0.25) is 0 Å². The molecule has 0 rings (SSSR count). The summed E-state index contributed by atoms with van der Waals surface area (Å²) in [6, 6.07) is -0.893. The highest BCUT2D eigenvalue weighted by Crippen LogP contribution is 2.14. The third-order valence-corrected chi connectivity index (χ3v) is 2.52. The normalized spacial score (nSPS) is 13.3. The molecule has 0 saturated heterocycles. The molecule has 17 heavy (non-hydrogen) atoms. The fourth-order valence-corrected chi connectivity index (χ4v) is 1.19. The van der Waals surface area contributed by atoms with Gasteiger partial charge in [-0.05, 0) is 32.6 Å². The molecule has 0 aromatic rings. The third kappa shape index (κ3) is 6.81. The number of ether oxygens (including phenoxy) is 1. The molecule has 0 bridgehead atoms. The first kappa shape index (κ1) is 15.7. The predicted octanol–water partition coefficient (Wildman–Crippen LogP) is 2.40. The molecule has 1 amide bonds. The lowest BCUT2D eigenvalue weighted by Crippen LogP contribution is -2.44. The van der Waals surface area contributed by atoms with Crippen molar-refractivity contribution in [3.8, 4) is 0 Å². The summed E-state index contributed by atoms with van der Waals surface area (Å²) >= 11 is 0. The summed E-state index contributed by atoms with van der Waals surface area (Å²) < 4.78 is 5.14. The van der Waals surface area contributed by atoms with Crippen molar-refractivity contribution >= 4 is 12.1 Å². The SMILES string of the molecule is CCC(C)(C)OC(=O)NC(CC(C)C)C(=O)O. The minimum Gasteiger partial charge on any atom is -0.480 e. The maximum absolute atomic E-state index is 11.5. The lowest BCUT2D eigenvalue weighted by molar-refractivity contribution is -0.139. The summed E-state index contributed by atoms with van der Waals surface area (Å²) in [7, 11) is 0. The second-order valence-corrected chi connectivity index (χ2v) is 5.17. The van der Waals surface area contributed by atoms with Gasteiger partial charge >= 0.3 is 12.1 Å². The summed E-state index contributed by atoms with van der Waals surface area (Å²) in [4.78, 5) is 22.5. The Kier molecular flexibility index (Phi) is 5.99. The molecule has 5 heteroatoms. The smallest absolute Gasteiger partial charge is 0.408 e. The van der Waals surface area contributed by atoms with Crippen molar-refractivity contribution in [1.29, 1.82) is 0 Å². The fraction of sp³-hybridized carbons (Fsp3) is 0.833. The van der Waals surface area contributed by atoms with Crippen molar-refractivity contribution < 1.29 is 19.4 Å². The summed E-state index contributed by atoms with van der Waals surface area (Å²) in [5.74, 6) is -0.847. The number of carbonyl (C=O) groups is 2. The van der Waals surface area contributed by atoms with Crippen LogP contribution in [0.25, 0.3) is 0 Å². The van der Waals surface area contributed by atoms with E-state index in [9.17, 15) is 9.59 Å². The lowest BCUT2D eigenvalue weighted by Gasteiger charge is -2.25. The number of amides is 1. The highest BCUT2D eigenvalue weighted by atomic mass is 16.6. The van der Waals surface area contributed by atoms with Crippen LogP contribution in [0.15, 0.2) is 0 Å². The first-order valence-electron chi connectivity index (χ1n) is 5.90. The van der Waals surface area contributed by atoms with E-state index in [1.807, 2.05) is 20.8 Å². The first-order valence-corrected chi connectivity index (χ1v) is 5.90. The zero-order chi connectivity index (χ0) is 13.6. The number of carboxylic acids is 1. The summed E-state index contributed by atoms with van der Waals surface area (Å²) in [6.07, 6.45) is 0.379. The van der Waals surface area contributed by atoms with Gasteiger partial charge in [0.05, 0.1) is 0 Å². The predicted molar refractivity (Wildman–Crippen MR) is 64.9 cm³/mol. The average molecular weight is 245 g/mol. The third-order valence-electron chi connectivity index (χ3n) is 2.52. The van der Waals surface area contributed by atoms with Crippen LogP contribution in [0.4, 0.5) is 4.79 Å². The topological polar surface area (TPSA) is 75.6 Å². The monoisotopic (exact) mass is 245 g/mol. The molecule has 0 fully saturated rings. The Morgan fingerprint density at radius 2 is 1.88 bits per heavy atom. The Morgan fingerprint density at radius 1 is 1.35 bits per heavy atom. The summed E-state index contributed by atoms with van der Waals surface area (Å²) in [5, 5.41) is 11.3. The van der Waals surface area contributed by atoms with Crippen molar-refractivity contribution in [3.05, 3.63) is 0 Å². The van der Waals surface area contributed by atoms with Crippen LogP contribution >= 0.6 is 0 Å². The van der Waals surface area contributed by atoms with Crippen molar-refractivity contribution in [2.45, 2.75) is 59.1 Å². The van der Waals surface area contributed by atoms with Gasteiger partial charge in [-0.25, -0.2) is 9.59 Å². The van der Waals surface area contributed by atoms with Crippen LogP contribution in [0.3, 0.4) is 0 Å². The van der Waals surface area contributed by atoms with Crippen molar-refractivity contribution in [1.82, 2.24) is 5.32 Å². The minimum absolute atomic E-state index is 0.190. The number of hydrogen-bond donors (Lipinski definition) is 2. The molecule has 100 valence electrons. The number of rotatable bonds is 6. The summed E-state index contributed by atoms with van der Waals surface area (Å²) in [6.45, 7) is 9.27. The van der Waals surface area contributed by atoms with Crippen molar-refractivity contribution in [3.63, 3.8) is 0 Å². The fourth-order valence-electron chi connectivity index (χ4n) is 1.19. The lowest BCUT2D eigenvalue weighted by atomic mass is 10.0. The van der Waals surface area contributed by atoms with Gasteiger partial charge in [0.2, 0.25) is 0 Å². The second kappa shape index (κ2) is 6.47. The van der Waals surface area contributed by atoms with Crippen LogP contribution in [0.1, 0.15) is 47.5 Å². The summed E-state index contributed by atoms with van der Waals surface area (Å²) in [5.41, 5.74) is -0.578. The van der Waals surface area contributed by atoms with E-state index >= 15 is 0 Å². The molecule has 0 spiro atoms. The largest absolute Gasteiger partial charge is 0.480 e. The minimum atomic E-state index is -1.04. The van der Waals surface area contributed by atoms with Gasteiger partial charge in [-0.15, -0.1) is 0 Å². The quantitative estimate of drug-likeness (QED) is 0.753. The van der Waals surface area contributed by atoms with Crippen LogP contribution in [0.5, 0.6) is 0 Å². The molecule has 0 saturated carbocycles. The molecule has 0 aromatic heterocycles. The highest BCUT2D eigenvalue weighted by Gasteiger charge is 2.25. The van der Waals surface area contributed by atoms with Crippen LogP contribution < -0.4 is 5.32 Å². The van der Waals surface area contributed by atoms with Gasteiger partial charge in [0.25, 0.3) is 0 Å². The molecule has 0 aliphatic carbocycles. The van der Waals surface area contributed by atoms with E-state index in [0.29, 0.717) is 12.8 Å². The highest BCUT2D eigenvalue weighted by molar-refractivity contribution is 5.79. The molecule has 1 unspecified atom stereocenters. The Balaban J connectivity index is 4.37. The van der Waals surface area contributed by atoms with E-state index in [4.69, 9.17) is 9.84 Å². The Morgan fingerprint density at radius 3 is 2.24 bits per heavy atom. The first-order chi connectivity index (χ1) is 7.68. The number of hydrogen-bond acceptors (Lipinski definition) is 3. The van der Waals surface area contributed by atoms with Crippen LogP contribution in [-0.2, 0) is 9.53 Å². The zero-order valence-corrected chi connectivity index (χ0v) is 11.2. The zero-order valence-electron chi connectivity index (χ0n) is 11.2. The molecule has 0 radical (unpaired) electrons. The Hall–Kier alpha value is -1.26. The van der Waals surface area contributed by atoms with Crippen LogP contribution in [-0.4, -0.2) is 28.8 Å². The van der Waals surface area contributed by atoms with E-state index in [-0.39, 0.29) is 5.92 Å². The maximum Gasteiger partial charge on any atom is 0.408 e. The van der Waals surface area contributed by atoms with Gasteiger partial charge < -0.3 is 15.2 Å². The average Bonchev–Trinajstić information content (AvgIpc) is 2.15. The maximum atomic E-state index is 11.5. The molecule has 2 N–H and O–H groups in total. The number of carboxylic acid groups (broad SMARTS) is 1. The second-order valence-electron chi connectivity index (χ2n) is 5.17. The van der Waals surface area contributed by atoms with E-state index in [1.165, 1.54) is 0 Å². The number of carbonyl (C=O) groups excluding carboxylic acids is 1. The Labute approximate surface area is 103 Å². The molecule has 1 atom stereocenters. The van der Waals surface area contributed by atoms with Gasteiger partial charge in [0, 0.05) is 0 Å². The van der Waals surface area contributed by atoms with Gasteiger partial charge in [-0.2, -0.15) is 0 Å². The Bertz CT molecular complexity index is 274. The van der Waals surface area contributed by atoms with Crippen LogP contribution in [0, 0.1) is 5.92 Å². The molecular weight excluding hydrogens is 222 g/mol. The number of nitrogens with one attached hydrogen (secondary N) is 1. The molecule has 0 heterocycles. The van der Waals surface area contributed by atoms with Crippen molar-refractivity contribution in [2.75, 3.05) is 0 Å². The molecule has 0 aliphatic heterocycles. The van der Waals surface area contributed by atoms with E-state index < -0.39 is 23.7 Å². The van der Waals surface area contributed by atoms with Gasteiger partial charge in [0.15, 0.2) is 0 Å². The van der Waals surface area contributed by atoms with Crippen LogP contribution in [0.2, 0.25) is 0 Å². The van der Waals surface area contributed by atoms with E-state index in [1.54, 1.807) is 13.8 Å². The van der Waals surface area contributed by atoms with E-state index in [2.05, 4.69) is 5.32 Å². The van der Waals surface area contributed by atoms with E-state index in [0.717, 1.165) is 0 Å². The van der Waals surface area contributed by atoms with Gasteiger partial charge in [-0.1, -0.05) is 20.8 Å². The van der Waals surface area contributed by atoms with Gasteiger partial charge in [0.1, 0.15) is 11.6 Å². The molecular formula is C12H23NO4. The molecule has 0 aromatic carbocycles.